The minimum absolute atomic E-state index is 0.0915. The van der Waals surface area contributed by atoms with Gasteiger partial charge in [0.05, 0.1) is 0 Å². The highest BCUT2D eigenvalue weighted by Gasteiger charge is 2.17. The van der Waals surface area contributed by atoms with Crippen LogP contribution in [0.5, 0.6) is 0 Å². The highest BCUT2D eigenvalue weighted by molar-refractivity contribution is 7.91. The van der Waals surface area contributed by atoms with E-state index < -0.39 is 14.7 Å². The van der Waals surface area contributed by atoms with Gasteiger partial charge >= 0.3 is 0 Å². The van der Waals surface area contributed by atoms with E-state index in [1.54, 1.807) is 13.8 Å². The van der Waals surface area contributed by atoms with Crippen LogP contribution in [0.25, 0.3) is 0 Å². The predicted octanol–water partition coefficient (Wildman–Crippen LogP) is 0.899. The molecule has 62 valence electrons. The number of sulfonamides is 1. The molecule has 10 heavy (non-hydrogen) atoms. The van der Waals surface area contributed by atoms with Gasteiger partial charge in [-0.15, -0.1) is 11.6 Å². The Morgan fingerprint density at radius 1 is 1.30 bits per heavy atom. The SMILES string of the molecule is CC(C)NS(=O)(=O)C(C)Cl. The molecule has 0 saturated heterocycles. The Bertz CT molecular complexity index is 186. The molecule has 5 heteroatoms. The second kappa shape index (κ2) is 3.55. The van der Waals surface area contributed by atoms with Gasteiger partial charge in [-0.05, 0) is 20.8 Å². The van der Waals surface area contributed by atoms with Gasteiger partial charge in [-0.2, -0.15) is 0 Å². The van der Waals surface area contributed by atoms with Crippen molar-refractivity contribution < 1.29 is 8.42 Å². The molecular formula is C5H12ClNO2S. The first-order chi connectivity index (χ1) is 4.36. The van der Waals surface area contributed by atoms with Gasteiger partial charge in [0.25, 0.3) is 0 Å². The van der Waals surface area contributed by atoms with Crippen molar-refractivity contribution in [1.29, 1.82) is 0 Å². The fraction of sp³-hybridized carbons (Fsp3) is 1.00. The van der Waals surface area contributed by atoms with E-state index in [9.17, 15) is 8.42 Å². The first-order valence-corrected chi connectivity index (χ1v) is 4.99. The molecule has 0 radical (unpaired) electrons. The molecule has 0 aromatic heterocycles. The molecule has 1 unspecified atom stereocenters. The summed E-state index contributed by atoms with van der Waals surface area (Å²) in [5.74, 6) is 0. The van der Waals surface area contributed by atoms with Crippen molar-refractivity contribution in [2.75, 3.05) is 0 Å². The standard InChI is InChI=1S/C5H12ClNO2S/c1-4(2)7-10(8,9)5(3)6/h4-5,7H,1-3H3. The number of hydrogen-bond acceptors (Lipinski definition) is 2. The smallest absolute Gasteiger partial charge is 0.211 e. The van der Waals surface area contributed by atoms with Crippen LogP contribution < -0.4 is 4.72 Å². The zero-order valence-corrected chi connectivity index (χ0v) is 7.83. The third kappa shape index (κ3) is 3.39. The zero-order valence-electron chi connectivity index (χ0n) is 6.26. The molecule has 0 rings (SSSR count). The Morgan fingerprint density at radius 3 is 1.80 bits per heavy atom. The molecule has 1 atom stereocenters. The lowest BCUT2D eigenvalue weighted by atomic mass is 10.4. The summed E-state index contributed by atoms with van der Waals surface area (Å²) in [7, 11) is -3.28. The molecule has 0 amide bonds. The summed E-state index contributed by atoms with van der Waals surface area (Å²) in [4.78, 5) is 0. The van der Waals surface area contributed by atoms with Gasteiger partial charge in [-0.1, -0.05) is 0 Å². The van der Waals surface area contributed by atoms with Gasteiger partial charge in [-0.25, -0.2) is 13.1 Å². The van der Waals surface area contributed by atoms with Crippen LogP contribution in [-0.2, 0) is 10.0 Å². The largest absolute Gasteiger partial charge is 0.228 e. The number of halogens is 1. The van der Waals surface area contributed by atoms with Gasteiger partial charge in [0.15, 0.2) is 0 Å². The van der Waals surface area contributed by atoms with Gasteiger partial charge in [0, 0.05) is 6.04 Å². The Hall–Kier alpha value is 0.200. The fourth-order valence-corrected chi connectivity index (χ4v) is 1.42. The van der Waals surface area contributed by atoms with Gasteiger partial charge < -0.3 is 0 Å². The first-order valence-electron chi connectivity index (χ1n) is 3.01. The Kier molecular flexibility index (Phi) is 3.62. The van der Waals surface area contributed by atoms with Crippen molar-refractivity contribution in [1.82, 2.24) is 4.72 Å². The number of rotatable bonds is 3. The Morgan fingerprint density at radius 2 is 1.70 bits per heavy atom. The minimum Gasteiger partial charge on any atom is -0.211 e. The zero-order chi connectivity index (χ0) is 8.36. The van der Waals surface area contributed by atoms with Crippen LogP contribution in [0.2, 0.25) is 0 Å². The number of nitrogens with one attached hydrogen (secondary N) is 1. The van der Waals surface area contributed by atoms with E-state index in [-0.39, 0.29) is 6.04 Å². The highest BCUT2D eigenvalue weighted by atomic mass is 35.5. The number of alkyl halides is 1. The quantitative estimate of drug-likeness (QED) is 0.665. The molecule has 0 heterocycles. The van der Waals surface area contributed by atoms with Crippen LogP contribution in [0.4, 0.5) is 0 Å². The predicted molar refractivity (Wildman–Crippen MR) is 42.5 cm³/mol. The third-order valence-electron chi connectivity index (χ3n) is 0.828. The Labute approximate surface area is 66.8 Å². The topological polar surface area (TPSA) is 46.2 Å². The lowest BCUT2D eigenvalue weighted by molar-refractivity contribution is 0.568. The molecule has 1 N–H and O–H groups in total. The monoisotopic (exact) mass is 185 g/mol. The normalized spacial score (nSPS) is 15.7. The maximum Gasteiger partial charge on any atom is 0.228 e. The molecule has 0 fully saturated rings. The van der Waals surface area contributed by atoms with E-state index in [2.05, 4.69) is 4.72 Å². The average Bonchev–Trinajstić information content (AvgIpc) is 1.60. The fourth-order valence-electron chi connectivity index (χ4n) is 0.422. The molecule has 3 nitrogen and oxygen atoms in total. The molecule has 0 aliphatic carbocycles. The van der Waals surface area contributed by atoms with E-state index >= 15 is 0 Å². The molecular weight excluding hydrogens is 174 g/mol. The lowest BCUT2D eigenvalue weighted by Crippen LogP contribution is -2.34. The molecule has 0 saturated carbocycles. The maximum absolute atomic E-state index is 10.9. The summed E-state index contributed by atoms with van der Waals surface area (Å²) in [5, 5.41) is 0. The van der Waals surface area contributed by atoms with Crippen LogP contribution in [0, 0.1) is 0 Å². The van der Waals surface area contributed by atoms with E-state index in [4.69, 9.17) is 11.6 Å². The van der Waals surface area contributed by atoms with Crippen molar-refractivity contribution in [2.24, 2.45) is 0 Å². The van der Waals surface area contributed by atoms with Crippen LogP contribution in [0.15, 0.2) is 0 Å². The molecule has 0 aliphatic rings. The first kappa shape index (κ1) is 10.2. The molecule has 0 bridgehead atoms. The van der Waals surface area contributed by atoms with E-state index in [0.717, 1.165) is 0 Å². The highest BCUT2D eigenvalue weighted by Crippen LogP contribution is 2.03. The Balaban J connectivity index is 4.16. The molecule has 0 aliphatic heterocycles. The maximum atomic E-state index is 10.9. The van der Waals surface area contributed by atoms with Crippen LogP contribution in [0.3, 0.4) is 0 Å². The molecule has 0 aromatic rings. The minimum atomic E-state index is -3.28. The molecule has 0 spiro atoms. The summed E-state index contributed by atoms with van der Waals surface area (Å²) >= 11 is 5.36. The van der Waals surface area contributed by atoms with Crippen LogP contribution in [0.1, 0.15) is 20.8 Å². The van der Waals surface area contributed by atoms with Crippen molar-refractivity contribution in [2.45, 2.75) is 31.5 Å². The van der Waals surface area contributed by atoms with Crippen molar-refractivity contribution in [3.63, 3.8) is 0 Å². The summed E-state index contributed by atoms with van der Waals surface area (Å²) in [5.41, 5.74) is 0. The van der Waals surface area contributed by atoms with Crippen molar-refractivity contribution >= 4 is 21.6 Å². The van der Waals surface area contributed by atoms with Crippen LogP contribution in [-0.4, -0.2) is 19.2 Å². The molecule has 0 aromatic carbocycles. The van der Waals surface area contributed by atoms with E-state index in [1.807, 2.05) is 0 Å². The van der Waals surface area contributed by atoms with E-state index in [1.165, 1.54) is 6.92 Å². The van der Waals surface area contributed by atoms with Gasteiger partial charge in [0.2, 0.25) is 10.0 Å². The lowest BCUT2D eigenvalue weighted by Gasteiger charge is -2.09. The average molecular weight is 186 g/mol. The van der Waals surface area contributed by atoms with Gasteiger partial charge in [0.1, 0.15) is 4.71 Å². The van der Waals surface area contributed by atoms with E-state index in [0.29, 0.717) is 0 Å². The summed E-state index contributed by atoms with van der Waals surface area (Å²) in [6, 6.07) is -0.0915. The third-order valence-corrected chi connectivity index (χ3v) is 3.19. The summed E-state index contributed by atoms with van der Waals surface area (Å²) in [6.45, 7) is 4.92. The van der Waals surface area contributed by atoms with Crippen LogP contribution >= 0.6 is 11.6 Å². The van der Waals surface area contributed by atoms with Gasteiger partial charge in [-0.3, -0.25) is 0 Å². The van der Waals surface area contributed by atoms with Crippen molar-refractivity contribution in [3.8, 4) is 0 Å². The second-order valence-electron chi connectivity index (χ2n) is 2.36. The summed E-state index contributed by atoms with van der Waals surface area (Å²) < 4.78 is 23.3. The summed E-state index contributed by atoms with van der Waals surface area (Å²) in [6.07, 6.45) is 0. The van der Waals surface area contributed by atoms with Crippen molar-refractivity contribution in [3.05, 3.63) is 0 Å². The number of hydrogen-bond donors (Lipinski definition) is 1. The second-order valence-corrected chi connectivity index (χ2v) is 5.31.